The first kappa shape index (κ1) is 25.8. The van der Waals surface area contributed by atoms with E-state index in [1.165, 1.54) is 30.1 Å². The van der Waals surface area contributed by atoms with Gasteiger partial charge in [-0.2, -0.15) is 9.78 Å². The molecule has 0 N–H and O–H groups in total. The molecule has 0 aliphatic carbocycles. The van der Waals surface area contributed by atoms with Crippen LogP contribution in [0.2, 0.25) is 5.02 Å². The Labute approximate surface area is 218 Å². The van der Waals surface area contributed by atoms with Crippen LogP contribution in [0.4, 0.5) is 5.69 Å². The van der Waals surface area contributed by atoms with E-state index in [2.05, 4.69) is 18.9 Å². The van der Waals surface area contributed by atoms with E-state index in [1.807, 2.05) is 25.1 Å². The van der Waals surface area contributed by atoms with Crippen molar-refractivity contribution in [2.45, 2.75) is 26.7 Å². The number of halogens is 1. The van der Waals surface area contributed by atoms with Gasteiger partial charge in [0.2, 0.25) is 5.75 Å². The van der Waals surface area contributed by atoms with Gasteiger partial charge in [0, 0.05) is 17.2 Å². The van der Waals surface area contributed by atoms with E-state index in [0.717, 1.165) is 16.9 Å². The largest absolute Gasteiger partial charge is 0.496 e. The van der Waals surface area contributed by atoms with Crippen molar-refractivity contribution in [1.82, 2.24) is 9.66 Å². The van der Waals surface area contributed by atoms with Gasteiger partial charge in [-0.3, -0.25) is 14.9 Å². The van der Waals surface area contributed by atoms with Crippen molar-refractivity contribution >= 4 is 34.4 Å². The predicted molar refractivity (Wildman–Crippen MR) is 144 cm³/mol. The maximum atomic E-state index is 13.6. The molecule has 0 aliphatic heterocycles. The molecule has 4 aromatic rings. The van der Waals surface area contributed by atoms with E-state index in [1.54, 1.807) is 25.3 Å². The lowest BCUT2D eigenvalue weighted by atomic mass is 9.96. The Morgan fingerprint density at radius 3 is 2.51 bits per heavy atom. The molecular weight excluding hydrogens is 496 g/mol. The van der Waals surface area contributed by atoms with Gasteiger partial charge in [0.25, 0.3) is 5.56 Å². The van der Waals surface area contributed by atoms with Crippen LogP contribution in [0.15, 0.2) is 58.4 Å². The summed E-state index contributed by atoms with van der Waals surface area (Å²) in [7, 11) is 2.92. The van der Waals surface area contributed by atoms with Crippen molar-refractivity contribution in [2.75, 3.05) is 14.2 Å². The quantitative estimate of drug-likeness (QED) is 0.169. The molecule has 0 radical (unpaired) electrons. The minimum Gasteiger partial charge on any atom is -0.496 e. The summed E-state index contributed by atoms with van der Waals surface area (Å²) in [6.07, 6.45) is 1.34. The zero-order valence-electron chi connectivity index (χ0n) is 21.0. The van der Waals surface area contributed by atoms with Crippen LogP contribution in [0.5, 0.6) is 11.5 Å². The zero-order valence-corrected chi connectivity index (χ0v) is 21.7. The number of nitro groups is 1. The molecule has 1 heterocycles. The number of hydrogen-bond acceptors (Lipinski definition) is 7. The number of nitrogens with zero attached hydrogens (tertiary/aromatic N) is 4. The minimum absolute atomic E-state index is 0.0509. The summed E-state index contributed by atoms with van der Waals surface area (Å²) >= 11 is 6.21. The van der Waals surface area contributed by atoms with Gasteiger partial charge in [0.15, 0.2) is 5.82 Å². The van der Waals surface area contributed by atoms with Crippen molar-refractivity contribution in [3.8, 4) is 22.9 Å². The number of para-hydroxylation sites is 1. The number of aryl methyl sites for hydroxylation is 1. The molecule has 190 valence electrons. The smallest absolute Gasteiger partial charge is 0.313 e. The average molecular weight is 521 g/mol. The number of nitro benzene ring substituents is 1. The van der Waals surface area contributed by atoms with Gasteiger partial charge in [0.1, 0.15) is 5.75 Å². The molecule has 0 bridgehead atoms. The summed E-state index contributed by atoms with van der Waals surface area (Å²) in [5, 5.41) is 16.4. The number of rotatable bonds is 7. The molecule has 0 spiro atoms. The van der Waals surface area contributed by atoms with Crippen LogP contribution in [-0.2, 0) is 0 Å². The second-order valence-corrected chi connectivity index (χ2v) is 9.10. The third kappa shape index (κ3) is 4.90. The molecule has 1 aromatic heterocycles. The predicted octanol–water partition coefficient (Wildman–Crippen LogP) is 5.96. The summed E-state index contributed by atoms with van der Waals surface area (Å²) in [6, 6.07) is 13.6. The Hall–Kier alpha value is -4.24. The van der Waals surface area contributed by atoms with Crippen LogP contribution in [-0.4, -0.2) is 35.0 Å². The summed E-state index contributed by atoms with van der Waals surface area (Å²) in [4.78, 5) is 29.3. The number of fused-ring (bicyclic) bond motifs is 1. The van der Waals surface area contributed by atoms with Crippen molar-refractivity contribution < 1.29 is 14.4 Å². The van der Waals surface area contributed by atoms with Crippen LogP contribution in [0.1, 0.15) is 36.5 Å². The molecule has 10 heteroatoms. The first-order valence-electron chi connectivity index (χ1n) is 11.4. The lowest BCUT2D eigenvalue weighted by molar-refractivity contribution is -0.385. The van der Waals surface area contributed by atoms with Crippen LogP contribution in [0, 0.1) is 17.0 Å². The molecule has 37 heavy (non-hydrogen) atoms. The minimum atomic E-state index is -0.592. The topological polar surface area (TPSA) is 109 Å². The molecule has 0 unspecified atom stereocenters. The Morgan fingerprint density at radius 2 is 1.86 bits per heavy atom. The van der Waals surface area contributed by atoms with Crippen molar-refractivity contribution in [1.29, 1.82) is 0 Å². The van der Waals surface area contributed by atoms with Crippen LogP contribution < -0.4 is 15.0 Å². The third-order valence-corrected chi connectivity index (χ3v) is 6.24. The standard InChI is InChI=1S/C27H25ClN4O5/c1-15(2)19-13-20(16(3)10-24(19)36-4)26-30-22-9-7-6-8-18(22)27(33)31(26)29-14-17-11-21(28)25(37-5)23(12-17)32(34)35/h6-15H,1-5H3. The Kier molecular flexibility index (Phi) is 7.26. The normalized spacial score (nSPS) is 11.4. The monoisotopic (exact) mass is 520 g/mol. The van der Waals surface area contributed by atoms with Gasteiger partial charge in [-0.15, -0.1) is 0 Å². The molecule has 4 rings (SSSR count). The van der Waals surface area contributed by atoms with E-state index >= 15 is 0 Å². The van der Waals surface area contributed by atoms with Gasteiger partial charge < -0.3 is 9.47 Å². The average Bonchev–Trinajstić information content (AvgIpc) is 2.87. The van der Waals surface area contributed by atoms with E-state index in [4.69, 9.17) is 26.1 Å². The first-order valence-corrected chi connectivity index (χ1v) is 11.8. The highest BCUT2D eigenvalue weighted by molar-refractivity contribution is 6.32. The number of hydrogen-bond donors (Lipinski definition) is 0. The summed E-state index contributed by atoms with van der Waals surface area (Å²) in [5.41, 5.74) is 2.66. The zero-order chi connectivity index (χ0) is 26.9. The SMILES string of the molecule is COc1cc(C)c(-c2nc3ccccc3c(=O)n2N=Cc2cc(Cl)c(OC)c([N+](=O)[O-])c2)cc1C(C)C. The van der Waals surface area contributed by atoms with E-state index < -0.39 is 4.92 Å². The highest BCUT2D eigenvalue weighted by atomic mass is 35.5. The third-order valence-electron chi connectivity index (χ3n) is 5.96. The lowest BCUT2D eigenvalue weighted by Gasteiger charge is -2.17. The molecule has 0 atom stereocenters. The number of aromatic nitrogens is 2. The molecule has 0 amide bonds. The highest BCUT2D eigenvalue weighted by Gasteiger charge is 2.21. The number of methoxy groups -OCH3 is 2. The van der Waals surface area contributed by atoms with E-state index in [-0.39, 0.29) is 27.9 Å². The lowest BCUT2D eigenvalue weighted by Crippen LogP contribution is -2.20. The Bertz CT molecular complexity index is 1610. The van der Waals surface area contributed by atoms with Crippen LogP contribution >= 0.6 is 11.6 Å². The molecule has 9 nitrogen and oxygen atoms in total. The second kappa shape index (κ2) is 10.4. The van der Waals surface area contributed by atoms with Gasteiger partial charge in [-0.05, 0) is 54.3 Å². The summed E-state index contributed by atoms with van der Waals surface area (Å²) in [5.74, 6) is 1.18. The fourth-order valence-corrected chi connectivity index (χ4v) is 4.41. The van der Waals surface area contributed by atoms with E-state index in [9.17, 15) is 14.9 Å². The van der Waals surface area contributed by atoms with Crippen molar-refractivity contribution in [2.24, 2.45) is 5.10 Å². The van der Waals surface area contributed by atoms with Gasteiger partial charge in [0.05, 0.1) is 41.3 Å². The molecule has 0 saturated carbocycles. The van der Waals surface area contributed by atoms with Gasteiger partial charge in [-0.1, -0.05) is 37.6 Å². The molecule has 3 aromatic carbocycles. The van der Waals surface area contributed by atoms with E-state index in [0.29, 0.717) is 27.9 Å². The molecule has 0 fully saturated rings. The fraction of sp³-hybridized carbons (Fsp3) is 0.222. The maximum Gasteiger partial charge on any atom is 0.313 e. The van der Waals surface area contributed by atoms with Crippen LogP contribution in [0.3, 0.4) is 0 Å². The van der Waals surface area contributed by atoms with Gasteiger partial charge >= 0.3 is 5.69 Å². The Balaban J connectivity index is 1.98. The maximum absolute atomic E-state index is 13.6. The molecular formula is C27H25ClN4O5. The van der Waals surface area contributed by atoms with Crippen LogP contribution in [0.25, 0.3) is 22.3 Å². The Morgan fingerprint density at radius 1 is 1.14 bits per heavy atom. The number of benzene rings is 3. The fourth-order valence-electron chi connectivity index (χ4n) is 4.11. The summed E-state index contributed by atoms with van der Waals surface area (Å²) < 4.78 is 11.8. The highest BCUT2D eigenvalue weighted by Crippen LogP contribution is 2.36. The summed E-state index contributed by atoms with van der Waals surface area (Å²) in [6.45, 7) is 6.01. The van der Waals surface area contributed by atoms with Crippen molar-refractivity contribution in [3.63, 3.8) is 0 Å². The number of ether oxygens (including phenoxy) is 2. The van der Waals surface area contributed by atoms with Crippen molar-refractivity contribution in [3.05, 3.63) is 90.7 Å². The second-order valence-electron chi connectivity index (χ2n) is 8.69. The first-order chi connectivity index (χ1) is 17.7. The van der Waals surface area contributed by atoms with Gasteiger partial charge in [-0.25, -0.2) is 4.98 Å². The molecule has 0 saturated heterocycles. The molecule has 0 aliphatic rings.